The van der Waals surface area contributed by atoms with E-state index in [-0.39, 0.29) is 6.04 Å². The van der Waals surface area contributed by atoms with E-state index >= 15 is 0 Å². The third-order valence-electron chi connectivity index (χ3n) is 3.35. The summed E-state index contributed by atoms with van der Waals surface area (Å²) in [6, 6.07) is -0.212. The van der Waals surface area contributed by atoms with Crippen LogP contribution in [0.2, 0.25) is 0 Å². The van der Waals surface area contributed by atoms with E-state index in [0.717, 1.165) is 19.3 Å². The summed E-state index contributed by atoms with van der Waals surface area (Å²) in [5.41, 5.74) is 6.90. The van der Waals surface area contributed by atoms with E-state index in [0.29, 0.717) is 17.0 Å². The van der Waals surface area contributed by atoms with Gasteiger partial charge in [-0.05, 0) is 6.42 Å². The van der Waals surface area contributed by atoms with Crippen LogP contribution in [0.1, 0.15) is 45.1 Å². The maximum atomic E-state index is 13.2. The number of hydrogen-bond donors (Lipinski definition) is 1. The molecule has 5 nitrogen and oxygen atoms in total. The highest BCUT2D eigenvalue weighted by molar-refractivity contribution is 5.81. The summed E-state index contributed by atoms with van der Waals surface area (Å²) in [4.78, 5) is 12.2. The lowest BCUT2D eigenvalue weighted by atomic mass is 10.1. The molecule has 0 aliphatic rings. The molecule has 0 aromatic carbocycles. The number of imidazole rings is 1. The third-order valence-corrected chi connectivity index (χ3v) is 3.35. The molecule has 0 fully saturated rings. The van der Waals surface area contributed by atoms with Gasteiger partial charge >= 0.3 is 0 Å². The van der Waals surface area contributed by atoms with Crippen LogP contribution in [0.4, 0.5) is 10.2 Å². The molecule has 6 heteroatoms. The number of nitrogens with zero attached hydrogens (tertiary/aromatic N) is 4. The molecule has 0 amide bonds. The average molecular weight is 265 g/mol. The fourth-order valence-corrected chi connectivity index (χ4v) is 2.23. The minimum Gasteiger partial charge on any atom is -0.382 e. The summed E-state index contributed by atoms with van der Waals surface area (Å²) >= 11 is 0. The molecule has 2 N–H and O–H groups in total. The Balaban J connectivity index is 2.14. The molecule has 1 atom stereocenters. The van der Waals surface area contributed by atoms with E-state index in [1.807, 2.05) is 0 Å². The van der Waals surface area contributed by atoms with Crippen molar-refractivity contribution < 1.29 is 4.39 Å². The van der Waals surface area contributed by atoms with Gasteiger partial charge < -0.3 is 10.3 Å². The van der Waals surface area contributed by atoms with Crippen molar-refractivity contribution in [3.63, 3.8) is 0 Å². The molecule has 2 aromatic rings. The lowest BCUT2D eigenvalue weighted by Crippen LogP contribution is -2.11. The summed E-state index contributed by atoms with van der Waals surface area (Å²) in [7, 11) is 0. The van der Waals surface area contributed by atoms with Gasteiger partial charge in [0.15, 0.2) is 11.5 Å². The van der Waals surface area contributed by atoms with Crippen LogP contribution < -0.4 is 5.73 Å². The van der Waals surface area contributed by atoms with Crippen molar-refractivity contribution in [2.45, 2.75) is 45.1 Å². The van der Waals surface area contributed by atoms with Crippen LogP contribution in [0.5, 0.6) is 0 Å². The van der Waals surface area contributed by atoms with E-state index in [1.54, 1.807) is 10.9 Å². The highest BCUT2D eigenvalue weighted by Gasteiger charge is 2.16. The van der Waals surface area contributed by atoms with Gasteiger partial charge in [0.25, 0.3) is 0 Å². The molecule has 19 heavy (non-hydrogen) atoms. The largest absolute Gasteiger partial charge is 0.382 e. The summed E-state index contributed by atoms with van der Waals surface area (Å²) < 4.78 is 15.0. The molecular weight excluding hydrogens is 245 g/mol. The zero-order valence-electron chi connectivity index (χ0n) is 11.2. The highest BCUT2D eigenvalue weighted by Crippen LogP contribution is 2.23. The summed E-state index contributed by atoms with van der Waals surface area (Å²) in [5.74, 6) is 0.340. The van der Waals surface area contributed by atoms with Gasteiger partial charge in [0.1, 0.15) is 18.5 Å². The topological polar surface area (TPSA) is 69.6 Å². The number of alkyl halides is 1. The van der Waals surface area contributed by atoms with Crippen molar-refractivity contribution in [3.8, 4) is 0 Å². The maximum Gasteiger partial charge on any atom is 0.165 e. The van der Waals surface area contributed by atoms with Gasteiger partial charge in [-0.1, -0.05) is 32.6 Å². The number of nitrogen functional groups attached to an aromatic ring is 1. The molecule has 0 aliphatic carbocycles. The van der Waals surface area contributed by atoms with Crippen LogP contribution in [-0.2, 0) is 0 Å². The van der Waals surface area contributed by atoms with Gasteiger partial charge in [-0.2, -0.15) is 0 Å². The van der Waals surface area contributed by atoms with Gasteiger partial charge in [-0.3, -0.25) is 0 Å². The molecule has 0 bridgehead atoms. The average Bonchev–Trinajstić information content (AvgIpc) is 2.84. The van der Waals surface area contributed by atoms with Crippen molar-refractivity contribution in [2.24, 2.45) is 0 Å². The van der Waals surface area contributed by atoms with Gasteiger partial charge in [0.2, 0.25) is 0 Å². The predicted molar refractivity (Wildman–Crippen MR) is 73.5 cm³/mol. The van der Waals surface area contributed by atoms with E-state index in [1.165, 1.54) is 19.2 Å². The minimum absolute atomic E-state index is 0.212. The minimum atomic E-state index is -0.415. The van der Waals surface area contributed by atoms with Gasteiger partial charge in [-0.15, -0.1) is 0 Å². The zero-order valence-corrected chi connectivity index (χ0v) is 11.2. The fraction of sp³-hybridized carbons (Fsp3) is 0.615. The number of halogens is 1. The Hall–Kier alpha value is -1.72. The zero-order chi connectivity index (χ0) is 13.7. The number of anilines is 1. The Morgan fingerprint density at radius 2 is 2.11 bits per heavy atom. The van der Waals surface area contributed by atoms with Gasteiger partial charge in [0, 0.05) is 0 Å². The van der Waals surface area contributed by atoms with Gasteiger partial charge in [0.05, 0.1) is 12.4 Å². The van der Waals surface area contributed by atoms with E-state index < -0.39 is 6.67 Å². The lowest BCUT2D eigenvalue weighted by Gasteiger charge is -2.15. The first-order valence-corrected chi connectivity index (χ1v) is 6.76. The second kappa shape index (κ2) is 6.45. The summed E-state index contributed by atoms with van der Waals surface area (Å²) in [6.45, 7) is 1.75. The lowest BCUT2D eigenvalue weighted by molar-refractivity contribution is 0.335. The molecule has 0 spiro atoms. The molecule has 0 aliphatic heterocycles. The normalized spacial score (nSPS) is 12.9. The molecule has 2 rings (SSSR count). The second-order valence-corrected chi connectivity index (χ2v) is 4.74. The fourth-order valence-electron chi connectivity index (χ4n) is 2.23. The Labute approximate surface area is 112 Å². The molecule has 0 radical (unpaired) electrons. The smallest absolute Gasteiger partial charge is 0.165 e. The monoisotopic (exact) mass is 265 g/mol. The van der Waals surface area contributed by atoms with Crippen molar-refractivity contribution in [1.29, 1.82) is 0 Å². The first-order valence-electron chi connectivity index (χ1n) is 6.76. The first-order chi connectivity index (χ1) is 9.27. The number of aromatic nitrogens is 4. The highest BCUT2D eigenvalue weighted by atomic mass is 19.1. The Morgan fingerprint density at radius 3 is 2.84 bits per heavy atom. The SMILES string of the molecule is CCCCCC[C@H](CF)n1cnc2c(N)ncnc21. The molecule has 2 heterocycles. The van der Waals surface area contributed by atoms with Crippen molar-refractivity contribution >= 4 is 17.0 Å². The summed E-state index contributed by atoms with van der Waals surface area (Å²) in [5, 5.41) is 0. The van der Waals surface area contributed by atoms with Crippen LogP contribution in [0.3, 0.4) is 0 Å². The number of nitrogens with two attached hydrogens (primary N) is 1. The first kappa shape index (κ1) is 13.7. The Kier molecular flexibility index (Phi) is 4.65. The van der Waals surface area contributed by atoms with E-state index in [9.17, 15) is 4.39 Å². The van der Waals surface area contributed by atoms with Crippen molar-refractivity contribution in [3.05, 3.63) is 12.7 Å². The molecule has 2 aromatic heterocycles. The Morgan fingerprint density at radius 1 is 1.26 bits per heavy atom. The van der Waals surface area contributed by atoms with E-state index in [4.69, 9.17) is 5.73 Å². The molecule has 104 valence electrons. The summed E-state index contributed by atoms with van der Waals surface area (Å²) in [6.07, 6.45) is 8.32. The van der Waals surface area contributed by atoms with Crippen molar-refractivity contribution in [2.75, 3.05) is 12.4 Å². The van der Waals surface area contributed by atoms with Crippen LogP contribution in [0.15, 0.2) is 12.7 Å². The van der Waals surface area contributed by atoms with Crippen LogP contribution in [0, 0.1) is 0 Å². The quantitative estimate of drug-likeness (QED) is 0.781. The Bertz CT molecular complexity index is 525. The van der Waals surface area contributed by atoms with Crippen molar-refractivity contribution in [1.82, 2.24) is 19.5 Å². The third kappa shape index (κ3) is 3.00. The molecule has 0 unspecified atom stereocenters. The van der Waals surface area contributed by atoms with Gasteiger partial charge in [-0.25, -0.2) is 19.3 Å². The van der Waals surface area contributed by atoms with Crippen LogP contribution >= 0.6 is 0 Å². The molecule has 0 saturated carbocycles. The van der Waals surface area contributed by atoms with Crippen LogP contribution in [-0.4, -0.2) is 26.2 Å². The number of unbranched alkanes of at least 4 members (excludes halogenated alkanes) is 3. The van der Waals surface area contributed by atoms with E-state index in [2.05, 4.69) is 21.9 Å². The standard InChI is InChI=1S/C13H20FN5/c1-2-3-4-5-6-10(7-14)19-9-18-11-12(15)16-8-17-13(11)19/h8-10H,2-7H2,1H3,(H2,15,16,17)/t10-/m1/s1. The van der Waals surface area contributed by atoms with Crippen LogP contribution in [0.25, 0.3) is 11.2 Å². The number of rotatable bonds is 7. The number of hydrogen-bond acceptors (Lipinski definition) is 4. The maximum absolute atomic E-state index is 13.2. The molecule has 0 saturated heterocycles. The predicted octanol–water partition coefficient (Wildman–Crippen LogP) is 2.89. The molecular formula is C13H20FN5. The number of fused-ring (bicyclic) bond motifs is 1. The second-order valence-electron chi connectivity index (χ2n) is 4.74.